The van der Waals surface area contributed by atoms with Crippen LogP contribution in [0.25, 0.3) is 22.4 Å². The van der Waals surface area contributed by atoms with E-state index in [2.05, 4.69) is 4.57 Å². The first-order valence-corrected chi connectivity index (χ1v) is 8.53. The second-order valence-corrected chi connectivity index (χ2v) is 6.53. The second kappa shape index (κ2) is 6.51. The number of para-hydroxylation sites is 2. The molecular formula is C20H13Cl2FN2. The molecule has 124 valence electrons. The normalized spacial score (nSPS) is 11.2. The Morgan fingerprint density at radius 2 is 1.52 bits per heavy atom. The molecule has 0 N–H and O–H groups in total. The Morgan fingerprint density at radius 3 is 2.24 bits per heavy atom. The van der Waals surface area contributed by atoms with Gasteiger partial charge in [0.05, 0.1) is 17.6 Å². The van der Waals surface area contributed by atoms with Crippen LogP contribution in [0.4, 0.5) is 4.39 Å². The van der Waals surface area contributed by atoms with Gasteiger partial charge in [0.1, 0.15) is 11.6 Å². The predicted molar refractivity (Wildman–Crippen MR) is 101 cm³/mol. The summed E-state index contributed by atoms with van der Waals surface area (Å²) in [6.07, 6.45) is 0. The van der Waals surface area contributed by atoms with Gasteiger partial charge in [-0.2, -0.15) is 0 Å². The van der Waals surface area contributed by atoms with E-state index >= 15 is 0 Å². The van der Waals surface area contributed by atoms with Crippen molar-refractivity contribution in [1.82, 2.24) is 9.55 Å². The molecule has 0 amide bonds. The highest BCUT2D eigenvalue weighted by Crippen LogP contribution is 2.30. The molecule has 4 rings (SSSR count). The molecule has 0 bridgehead atoms. The largest absolute Gasteiger partial charge is 0.319 e. The van der Waals surface area contributed by atoms with E-state index < -0.39 is 0 Å². The van der Waals surface area contributed by atoms with Crippen molar-refractivity contribution in [2.75, 3.05) is 0 Å². The van der Waals surface area contributed by atoms with Crippen molar-refractivity contribution in [1.29, 1.82) is 0 Å². The zero-order chi connectivity index (χ0) is 17.4. The second-order valence-electron chi connectivity index (χ2n) is 5.72. The summed E-state index contributed by atoms with van der Waals surface area (Å²) in [7, 11) is 0. The first-order valence-electron chi connectivity index (χ1n) is 7.77. The molecule has 0 aliphatic heterocycles. The van der Waals surface area contributed by atoms with Crippen molar-refractivity contribution in [3.8, 4) is 11.4 Å². The Bertz CT molecular complexity index is 1030. The SMILES string of the molecule is Fc1ccc(-c2nc3ccccc3n2Cc2c(Cl)cccc2Cl)cc1. The molecule has 0 saturated heterocycles. The van der Waals surface area contributed by atoms with Gasteiger partial charge in [-0.15, -0.1) is 0 Å². The molecule has 1 aromatic heterocycles. The molecule has 25 heavy (non-hydrogen) atoms. The number of halogens is 3. The van der Waals surface area contributed by atoms with Crippen molar-refractivity contribution < 1.29 is 4.39 Å². The monoisotopic (exact) mass is 370 g/mol. The maximum atomic E-state index is 13.3. The van der Waals surface area contributed by atoms with E-state index in [0.29, 0.717) is 16.6 Å². The standard InChI is InChI=1S/C20H13Cl2FN2/c21-16-4-3-5-17(22)15(16)12-25-19-7-2-1-6-18(19)24-20(25)13-8-10-14(23)11-9-13/h1-11H,12H2. The van der Waals surface area contributed by atoms with Crippen molar-refractivity contribution >= 4 is 34.2 Å². The van der Waals surface area contributed by atoms with Gasteiger partial charge in [-0.25, -0.2) is 9.37 Å². The maximum absolute atomic E-state index is 13.3. The lowest BCUT2D eigenvalue weighted by Crippen LogP contribution is -2.03. The molecule has 4 aromatic rings. The molecular weight excluding hydrogens is 358 g/mol. The van der Waals surface area contributed by atoms with Crippen molar-refractivity contribution in [3.63, 3.8) is 0 Å². The lowest BCUT2D eigenvalue weighted by atomic mass is 10.2. The minimum Gasteiger partial charge on any atom is -0.319 e. The molecule has 0 unspecified atom stereocenters. The molecule has 0 aliphatic rings. The lowest BCUT2D eigenvalue weighted by Gasteiger charge is -2.12. The first kappa shape index (κ1) is 16.1. The first-order chi connectivity index (χ1) is 12.1. The minimum absolute atomic E-state index is 0.277. The smallest absolute Gasteiger partial charge is 0.141 e. The summed E-state index contributed by atoms with van der Waals surface area (Å²) in [5.41, 5.74) is 3.50. The van der Waals surface area contributed by atoms with Crippen LogP contribution in [0.3, 0.4) is 0 Å². The highest BCUT2D eigenvalue weighted by Gasteiger charge is 2.15. The summed E-state index contributed by atoms with van der Waals surface area (Å²) in [5, 5.41) is 1.21. The number of nitrogens with zero attached hydrogens (tertiary/aromatic N) is 2. The number of fused-ring (bicyclic) bond motifs is 1. The molecule has 0 saturated carbocycles. The Balaban J connectivity index is 1.92. The Labute approximate surface area is 154 Å². The van der Waals surface area contributed by atoms with Gasteiger partial charge in [-0.05, 0) is 48.5 Å². The zero-order valence-electron chi connectivity index (χ0n) is 13.1. The Morgan fingerprint density at radius 1 is 0.840 bits per heavy atom. The zero-order valence-corrected chi connectivity index (χ0v) is 14.6. The number of aromatic nitrogens is 2. The van der Waals surface area contributed by atoms with Crippen molar-refractivity contribution in [2.45, 2.75) is 6.54 Å². The van der Waals surface area contributed by atoms with Crippen molar-refractivity contribution in [3.05, 3.63) is 88.2 Å². The number of hydrogen-bond donors (Lipinski definition) is 0. The van der Waals surface area contributed by atoms with Gasteiger partial charge < -0.3 is 4.57 Å². The summed E-state index contributed by atoms with van der Waals surface area (Å²) in [6.45, 7) is 0.478. The number of rotatable bonds is 3. The predicted octanol–water partition coefficient (Wildman–Crippen LogP) is 6.20. The van der Waals surface area contributed by atoms with Crippen LogP contribution in [0.2, 0.25) is 10.0 Å². The molecule has 2 nitrogen and oxygen atoms in total. The third-order valence-corrected chi connectivity index (χ3v) is 4.84. The fraction of sp³-hybridized carbons (Fsp3) is 0.0500. The average Bonchev–Trinajstić information content (AvgIpc) is 2.97. The van der Waals surface area contributed by atoms with Gasteiger partial charge in [0, 0.05) is 21.2 Å². The van der Waals surface area contributed by atoms with Crippen LogP contribution in [0.5, 0.6) is 0 Å². The Hall–Kier alpha value is -2.36. The van der Waals surface area contributed by atoms with Crippen LogP contribution in [0, 0.1) is 5.82 Å². The molecule has 0 fully saturated rings. The fourth-order valence-electron chi connectivity index (χ4n) is 2.90. The quantitative estimate of drug-likeness (QED) is 0.419. The van der Waals surface area contributed by atoms with E-state index in [4.69, 9.17) is 28.2 Å². The number of hydrogen-bond acceptors (Lipinski definition) is 1. The average molecular weight is 371 g/mol. The van der Waals surface area contributed by atoms with E-state index in [-0.39, 0.29) is 5.82 Å². The molecule has 1 heterocycles. The molecule has 0 spiro atoms. The maximum Gasteiger partial charge on any atom is 0.141 e. The lowest BCUT2D eigenvalue weighted by molar-refractivity contribution is 0.628. The van der Waals surface area contributed by atoms with Crippen LogP contribution in [0.1, 0.15) is 5.56 Å². The van der Waals surface area contributed by atoms with Gasteiger partial charge in [-0.1, -0.05) is 41.4 Å². The minimum atomic E-state index is -0.277. The van der Waals surface area contributed by atoms with E-state index in [0.717, 1.165) is 28.0 Å². The summed E-state index contributed by atoms with van der Waals surface area (Å²) in [5.74, 6) is 0.470. The third kappa shape index (κ3) is 3.01. The van der Waals surface area contributed by atoms with Gasteiger partial charge in [0.25, 0.3) is 0 Å². The van der Waals surface area contributed by atoms with E-state index in [1.54, 1.807) is 12.1 Å². The highest BCUT2D eigenvalue weighted by atomic mass is 35.5. The molecule has 0 radical (unpaired) electrons. The topological polar surface area (TPSA) is 17.8 Å². The van der Waals surface area contributed by atoms with Crippen LogP contribution >= 0.6 is 23.2 Å². The van der Waals surface area contributed by atoms with Crippen molar-refractivity contribution in [2.24, 2.45) is 0 Å². The molecule has 3 aromatic carbocycles. The van der Waals surface area contributed by atoms with E-state index in [9.17, 15) is 4.39 Å². The number of benzene rings is 3. The summed E-state index contributed by atoms with van der Waals surface area (Å²) in [6, 6.07) is 19.6. The van der Waals surface area contributed by atoms with Crippen LogP contribution in [0.15, 0.2) is 66.7 Å². The van der Waals surface area contributed by atoms with Gasteiger partial charge in [0.15, 0.2) is 0 Å². The van der Waals surface area contributed by atoms with Gasteiger partial charge in [0.2, 0.25) is 0 Å². The van der Waals surface area contributed by atoms with E-state index in [1.807, 2.05) is 42.5 Å². The third-order valence-electron chi connectivity index (χ3n) is 4.13. The summed E-state index contributed by atoms with van der Waals surface area (Å²) < 4.78 is 15.3. The van der Waals surface area contributed by atoms with Crippen LogP contribution in [-0.4, -0.2) is 9.55 Å². The number of imidazole rings is 1. The van der Waals surface area contributed by atoms with E-state index in [1.165, 1.54) is 12.1 Å². The fourth-order valence-corrected chi connectivity index (χ4v) is 3.41. The summed E-state index contributed by atoms with van der Waals surface area (Å²) >= 11 is 12.7. The Kier molecular flexibility index (Phi) is 4.20. The summed E-state index contributed by atoms with van der Waals surface area (Å²) in [4.78, 5) is 4.72. The molecule has 5 heteroatoms. The molecule has 0 atom stereocenters. The van der Waals surface area contributed by atoms with Gasteiger partial charge >= 0.3 is 0 Å². The van der Waals surface area contributed by atoms with Crippen LogP contribution < -0.4 is 0 Å². The molecule has 0 aliphatic carbocycles. The van der Waals surface area contributed by atoms with Crippen LogP contribution in [-0.2, 0) is 6.54 Å². The highest BCUT2D eigenvalue weighted by molar-refractivity contribution is 6.36. The van der Waals surface area contributed by atoms with Gasteiger partial charge in [-0.3, -0.25) is 0 Å².